The normalized spacial score (nSPS) is 16.8. The smallest absolute Gasteiger partial charge is 0.252 e. The van der Waals surface area contributed by atoms with Crippen LogP contribution in [0.3, 0.4) is 0 Å². The number of H-pyrrole nitrogens is 1. The average Bonchev–Trinajstić information content (AvgIpc) is 3.41. The number of hydrogen-bond donors (Lipinski definition) is 2. The molecule has 2 aromatic heterocycles. The molecule has 2 aliphatic rings. The first kappa shape index (κ1) is 25.5. The Hall–Kier alpha value is -3.82. The van der Waals surface area contributed by atoms with Crippen LogP contribution in [0, 0.1) is 5.82 Å². The van der Waals surface area contributed by atoms with Crippen LogP contribution in [0.4, 0.5) is 4.39 Å². The van der Waals surface area contributed by atoms with Crippen molar-refractivity contribution in [3.8, 4) is 17.1 Å². The molecule has 2 aliphatic heterocycles. The number of hydrogen-bond acceptors (Lipinski definition) is 6. The number of carbonyl (C=O) groups excluding carboxylic acids is 1. The van der Waals surface area contributed by atoms with Gasteiger partial charge in [-0.15, -0.1) is 0 Å². The summed E-state index contributed by atoms with van der Waals surface area (Å²) in [7, 11) is 3.68. The number of likely N-dealkylation sites (tertiary alicyclic amines) is 1. The van der Waals surface area contributed by atoms with Gasteiger partial charge in [0.2, 0.25) is 0 Å². The van der Waals surface area contributed by atoms with Crippen LogP contribution in [0.5, 0.6) is 5.75 Å². The first-order valence-corrected chi connectivity index (χ1v) is 13.5. The zero-order valence-electron chi connectivity index (χ0n) is 22.3. The van der Waals surface area contributed by atoms with Crippen molar-refractivity contribution in [2.75, 3.05) is 33.8 Å². The highest BCUT2D eigenvalue weighted by atomic mass is 19.1. The molecule has 1 fully saturated rings. The number of nitrogens with one attached hydrogen (secondary N) is 2. The number of methoxy groups -OCH3 is 1. The molecular weight excluding hydrogens is 495 g/mol. The predicted octanol–water partition coefficient (Wildman–Crippen LogP) is 4.15. The topological polar surface area (TPSA) is 86.4 Å². The summed E-state index contributed by atoms with van der Waals surface area (Å²) in [5.74, 6) is 0.762. The zero-order chi connectivity index (χ0) is 26.9. The van der Waals surface area contributed by atoms with Crippen molar-refractivity contribution in [1.82, 2.24) is 30.1 Å². The zero-order valence-corrected chi connectivity index (χ0v) is 22.3. The summed E-state index contributed by atoms with van der Waals surface area (Å²) in [6, 6.07) is 12.5. The Morgan fingerprint density at radius 3 is 2.82 bits per heavy atom. The maximum Gasteiger partial charge on any atom is 0.252 e. The number of rotatable bonds is 6. The maximum atomic E-state index is 13.9. The number of amides is 1. The summed E-state index contributed by atoms with van der Waals surface area (Å²) < 4.78 is 19.3. The Balaban J connectivity index is 1.26. The fraction of sp³-hybridized carbons (Fsp3) is 0.367. The number of piperidine rings is 1. The van der Waals surface area contributed by atoms with Gasteiger partial charge < -0.3 is 19.9 Å². The van der Waals surface area contributed by atoms with E-state index in [-0.39, 0.29) is 17.8 Å². The molecule has 1 amide bonds. The van der Waals surface area contributed by atoms with Crippen molar-refractivity contribution in [3.63, 3.8) is 0 Å². The highest BCUT2D eigenvalue weighted by Crippen LogP contribution is 2.31. The van der Waals surface area contributed by atoms with E-state index in [1.165, 1.54) is 12.1 Å². The average molecular weight is 529 g/mol. The number of benzene rings is 2. The Labute approximate surface area is 227 Å². The van der Waals surface area contributed by atoms with Gasteiger partial charge in [-0.05, 0) is 57.2 Å². The Morgan fingerprint density at radius 2 is 2.00 bits per heavy atom. The molecule has 8 nitrogen and oxygen atoms in total. The Bertz CT molecular complexity index is 1510. The van der Waals surface area contributed by atoms with Gasteiger partial charge in [-0.2, -0.15) is 0 Å². The fourth-order valence-electron chi connectivity index (χ4n) is 5.73. The first-order valence-electron chi connectivity index (χ1n) is 13.5. The Morgan fingerprint density at radius 1 is 1.18 bits per heavy atom. The maximum absolute atomic E-state index is 13.9. The lowest BCUT2D eigenvalue weighted by Gasteiger charge is -2.32. The number of fused-ring (bicyclic) bond motifs is 2. The van der Waals surface area contributed by atoms with E-state index in [0.717, 1.165) is 72.3 Å². The molecule has 39 heavy (non-hydrogen) atoms. The first-order chi connectivity index (χ1) is 19.0. The lowest BCUT2D eigenvalue weighted by Crippen LogP contribution is -2.44. The van der Waals surface area contributed by atoms with Crippen LogP contribution < -0.4 is 10.1 Å². The van der Waals surface area contributed by atoms with E-state index in [1.54, 1.807) is 19.4 Å². The fourth-order valence-corrected chi connectivity index (χ4v) is 5.73. The quantitative estimate of drug-likeness (QED) is 0.391. The molecule has 9 heteroatoms. The summed E-state index contributed by atoms with van der Waals surface area (Å²) in [6.07, 6.45) is 4.45. The SMILES string of the molecule is COc1ccc(F)cc1-c1ncc(CN2CCc3nc4ccccc4c(C(=O)NC4CCN(C)CC4)c3C2)[nH]1. The number of aromatic amines is 1. The monoisotopic (exact) mass is 528 g/mol. The summed E-state index contributed by atoms with van der Waals surface area (Å²) >= 11 is 0. The van der Waals surface area contributed by atoms with Gasteiger partial charge in [-0.1, -0.05) is 18.2 Å². The second-order valence-corrected chi connectivity index (χ2v) is 10.5. The molecule has 0 bridgehead atoms. The third-order valence-electron chi connectivity index (χ3n) is 7.85. The number of carbonyl (C=O) groups is 1. The molecular formula is C30H33FN6O2. The van der Waals surface area contributed by atoms with Gasteiger partial charge in [0.05, 0.1) is 23.8 Å². The van der Waals surface area contributed by atoms with Gasteiger partial charge in [0, 0.05) is 60.6 Å². The van der Waals surface area contributed by atoms with Crippen LogP contribution in [-0.4, -0.2) is 70.5 Å². The number of aromatic nitrogens is 3. The molecule has 2 aromatic carbocycles. The molecule has 0 unspecified atom stereocenters. The van der Waals surface area contributed by atoms with Crippen LogP contribution in [-0.2, 0) is 19.5 Å². The number of ether oxygens (including phenoxy) is 1. The standard InChI is InChI=1S/C30H33FN6O2/c1-36-12-9-20(10-13-36)34-30(38)28-22-5-3-4-6-25(22)35-26-11-14-37(18-24(26)28)17-21-16-32-29(33-21)23-15-19(31)7-8-27(23)39-2/h3-8,15-16,20H,9-14,17-18H2,1-2H3,(H,32,33)(H,34,38). The molecule has 0 saturated carbocycles. The van der Waals surface area contributed by atoms with Crippen molar-refractivity contribution in [3.05, 3.63) is 77.0 Å². The Kier molecular flexibility index (Phi) is 7.01. The van der Waals surface area contributed by atoms with Crippen LogP contribution in [0.15, 0.2) is 48.7 Å². The minimum atomic E-state index is -0.345. The third-order valence-corrected chi connectivity index (χ3v) is 7.85. The highest BCUT2D eigenvalue weighted by Gasteiger charge is 2.28. The second kappa shape index (κ2) is 10.7. The minimum Gasteiger partial charge on any atom is -0.496 e. The number of para-hydroxylation sites is 1. The van der Waals surface area contributed by atoms with Crippen molar-refractivity contribution < 1.29 is 13.9 Å². The lowest BCUT2D eigenvalue weighted by atomic mass is 9.94. The van der Waals surface area contributed by atoms with E-state index >= 15 is 0 Å². The highest BCUT2D eigenvalue weighted by molar-refractivity contribution is 6.07. The van der Waals surface area contributed by atoms with Gasteiger partial charge in [-0.3, -0.25) is 14.7 Å². The summed E-state index contributed by atoms with van der Waals surface area (Å²) in [6.45, 7) is 4.02. The molecule has 4 aromatic rings. The molecule has 2 N–H and O–H groups in total. The van der Waals surface area contributed by atoms with Gasteiger partial charge in [0.15, 0.2) is 0 Å². The molecule has 0 radical (unpaired) electrons. The summed E-state index contributed by atoms with van der Waals surface area (Å²) in [5.41, 5.74) is 5.09. The van der Waals surface area contributed by atoms with E-state index in [4.69, 9.17) is 9.72 Å². The molecule has 0 spiro atoms. The molecule has 202 valence electrons. The largest absolute Gasteiger partial charge is 0.496 e. The predicted molar refractivity (Wildman–Crippen MR) is 148 cm³/mol. The van der Waals surface area contributed by atoms with E-state index in [9.17, 15) is 9.18 Å². The minimum absolute atomic E-state index is 0.0109. The lowest BCUT2D eigenvalue weighted by molar-refractivity contribution is 0.0915. The second-order valence-electron chi connectivity index (χ2n) is 10.5. The number of pyridine rings is 1. The summed E-state index contributed by atoms with van der Waals surface area (Å²) in [4.78, 5) is 31.1. The van der Waals surface area contributed by atoms with Crippen molar-refractivity contribution in [2.24, 2.45) is 0 Å². The van der Waals surface area contributed by atoms with E-state index < -0.39 is 0 Å². The molecule has 4 heterocycles. The third kappa shape index (κ3) is 5.24. The van der Waals surface area contributed by atoms with Crippen LogP contribution in [0.25, 0.3) is 22.3 Å². The molecule has 0 aliphatic carbocycles. The van der Waals surface area contributed by atoms with Gasteiger partial charge in [0.25, 0.3) is 5.91 Å². The van der Waals surface area contributed by atoms with E-state index in [0.29, 0.717) is 30.2 Å². The number of imidazole rings is 1. The number of nitrogens with zero attached hydrogens (tertiary/aromatic N) is 4. The van der Waals surface area contributed by atoms with Crippen molar-refractivity contribution in [2.45, 2.75) is 38.4 Å². The van der Waals surface area contributed by atoms with Crippen LogP contribution in [0.1, 0.15) is 40.2 Å². The molecule has 6 rings (SSSR count). The van der Waals surface area contributed by atoms with Crippen LogP contribution in [0.2, 0.25) is 0 Å². The number of halogens is 1. The van der Waals surface area contributed by atoms with Crippen LogP contribution >= 0.6 is 0 Å². The molecule has 1 saturated heterocycles. The van der Waals surface area contributed by atoms with Crippen molar-refractivity contribution >= 4 is 16.8 Å². The van der Waals surface area contributed by atoms with Gasteiger partial charge >= 0.3 is 0 Å². The van der Waals surface area contributed by atoms with E-state index in [1.807, 2.05) is 24.3 Å². The van der Waals surface area contributed by atoms with Gasteiger partial charge in [0.1, 0.15) is 17.4 Å². The van der Waals surface area contributed by atoms with Crippen molar-refractivity contribution in [1.29, 1.82) is 0 Å². The van der Waals surface area contributed by atoms with Gasteiger partial charge in [-0.25, -0.2) is 9.37 Å². The molecule has 0 atom stereocenters. The van der Waals surface area contributed by atoms with E-state index in [2.05, 4.69) is 32.1 Å². The summed E-state index contributed by atoms with van der Waals surface area (Å²) in [5, 5.41) is 4.22.